The molecule has 0 saturated heterocycles. The summed E-state index contributed by atoms with van der Waals surface area (Å²) in [6, 6.07) is 8.11. The Morgan fingerprint density at radius 2 is 2.21 bits per heavy atom. The fourth-order valence-electron chi connectivity index (χ4n) is 1.24. The van der Waals surface area contributed by atoms with Crippen molar-refractivity contribution in [2.24, 2.45) is 5.73 Å². The molecule has 2 rings (SSSR count). The van der Waals surface area contributed by atoms with E-state index in [1.165, 1.54) is 11.5 Å². The molecule has 0 fully saturated rings. The molecule has 0 saturated carbocycles. The van der Waals surface area contributed by atoms with Crippen molar-refractivity contribution in [3.05, 3.63) is 39.7 Å². The van der Waals surface area contributed by atoms with Crippen LogP contribution in [-0.4, -0.2) is 4.37 Å². The third-order valence-electron chi connectivity index (χ3n) is 1.98. The van der Waals surface area contributed by atoms with E-state index >= 15 is 0 Å². The highest BCUT2D eigenvalue weighted by Gasteiger charge is 2.04. The first kappa shape index (κ1) is 9.83. The van der Waals surface area contributed by atoms with Gasteiger partial charge in [0.05, 0.1) is 5.69 Å². The second kappa shape index (κ2) is 4.21. The fraction of sp³-hybridized carbons (Fsp3) is 0.100. The van der Waals surface area contributed by atoms with E-state index in [-0.39, 0.29) is 0 Å². The van der Waals surface area contributed by atoms with Gasteiger partial charge in [-0.2, -0.15) is 4.37 Å². The van der Waals surface area contributed by atoms with Crippen molar-refractivity contribution in [3.63, 3.8) is 0 Å². The van der Waals surface area contributed by atoms with Crippen LogP contribution in [0.2, 0.25) is 0 Å². The van der Waals surface area contributed by atoms with Crippen molar-refractivity contribution in [2.45, 2.75) is 6.54 Å². The van der Waals surface area contributed by atoms with E-state index in [2.05, 4.69) is 20.3 Å². The maximum absolute atomic E-state index is 5.55. The topological polar surface area (TPSA) is 38.9 Å². The first-order chi connectivity index (χ1) is 6.81. The lowest BCUT2D eigenvalue weighted by Crippen LogP contribution is -1.96. The van der Waals surface area contributed by atoms with Gasteiger partial charge < -0.3 is 5.73 Å². The van der Waals surface area contributed by atoms with Gasteiger partial charge in [0.2, 0.25) is 0 Å². The lowest BCUT2D eigenvalue weighted by atomic mass is 10.1. The Balaban J connectivity index is 2.46. The van der Waals surface area contributed by atoms with Gasteiger partial charge in [-0.1, -0.05) is 28.1 Å². The summed E-state index contributed by atoms with van der Waals surface area (Å²) in [6.45, 7) is 0.565. The van der Waals surface area contributed by atoms with Crippen LogP contribution >= 0.6 is 27.5 Å². The third-order valence-corrected chi connectivity index (χ3v) is 3.20. The highest BCUT2D eigenvalue weighted by atomic mass is 79.9. The smallest absolute Gasteiger partial charge is 0.0851 e. The molecule has 4 heteroatoms. The van der Waals surface area contributed by atoms with E-state index in [0.29, 0.717) is 6.54 Å². The van der Waals surface area contributed by atoms with E-state index in [1.807, 2.05) is 29.6 Å². The van der Waals surface area contributed by atoms with Gasteiger partial charge in [0.25, 0.3) is 0 Å². The molecule has 1 aromatic heterocycles. The largest absolute Gasteiger partial charge is 0.326 e. The summed E-state index contributed by atoms with van der Waals surface area (Å²) in [5.74, 6) is 0. The molecule has 2 nitrogen and oxygen atoms in total. The summed E-state index contributed by atoms with van der Waals surface area (Å²) in [5, 5.41) is 1.97. The summed E-state index contributed by atoms with van der Waals surface area (Å²) in [4.78, 5) is 0. The minimum Gasteiger partial charge on any atom is -0.326 e. The molecular formula is C10H9BrN2S. The number of rotatable bonds is 2. The van der Waals surface area contributed by atoms with Gasteiger partial charge in [-0.3, -0.25) is 0 Å². The Bertz CT molecular complexity index is 426. The number of halogens is 1. The number of hydrogen-bond donors (Lipinski definition) is 1. The minimum absolute atomic E-state index is 0.565. The van der Waals surface area contributed by atoms with Gasteiger partial charge in [0, 0.05) is 22.0 Å². The average Bonchev–Trinajstić information content (AvgIpc) is 2.70. The third kappa shape index (κ3) is 1.87. The van der Waals surface area contributed by atoms with Crippen molar-refractivity contribution in [2.75, 3.05) is 0 Å². The molecule has 0 amide bonds. The average molecular weight is 269 g/mol. The SMILES string of the molecule is NCc1ccc(-c2ccsn2)c(Br)c1. The van der Waals surface area contributed by atoms with Gasteiger partial charge >= 0.3 is 0 Å². The molecule has 0 unspecified atom stereocenters. The van der Waals surface area contributed by atoms with Crippen LogP contribution in [0.3, 0.4) is 0 Å². The zero-order valence-electron chi connectivity index (χ0n) is 7.40. The Kier molecular flexibility index (Phi) is 2.96. The normalized spacial score (nSPS) is 10.4. The molecule has 2 aromatic rings. The molecule has 0 aliphatic rings. The number of benzene rings is 1. The van der Waals surface area contributed by atoms with E-state index in [4.69, 9.17) is 5.73 Å². The standard InChI is InChI=1S/C10H9BrN2S/c11-9-5-7(6-12)1-2-8(9)10-3-4-14-13-10/h1-5H,6,12H2. The van der Waals surface area contributed by atoms with Crippen molar-refractivity contribution < 1.29 is 0 Å². The second-order valence-corrected chi connectivity index (χ2v) is 4.42. The Morgan fingerprint density at radius 1 is 1.36 bits per heavy atom. The van der Waals surface area contributed by atoms with Crippen LogP contribution in [0.15, 0.2) is 34.1 Å². The van der Waals surface area contributed by atoms with E-state index in [9.17, 15) is 0 Å². The van der Waals surface area contributed by atoms with Gasteiger partial charge in [-0.25, -0.2) is 0 Å². The van der Waals surface area contributed by atoms with E-state index in [1.54, 1.807) is 0 Å². The van der Waals surface area contributed by atoms with Gasteiger partial charge in [-0.15, -0.1) is 0 Å². The van der Waals surface area contributed by atoms with Crippen LogP contribution in [0.25, 0.3) is 11.3 Å². The lowest BCUT2D eigenvalue weighted by Gasteiger charge is -2.03. The first-order valence-electron chi connectivity index (χ1n) is 4.20. The quantitative estimate of drug-likeness (QED) is 0.910. The van der Waals surface area contributed by atoms with Gasteiger partial charge in [0.15, 0.2) is 0 Å². The monoisotopic (exact) mass is 268 g/mol. The zero-order chi connectivity index (χ0) is 9.97. The predicted octanol–water partition coefficient (Wildman–Crippen LogP) is 3.03. The zero-order valence-corrected chi connectivity index (χ0v) is 9.81. The summed E-state index contributed by atoms with van der Waals surface area (Å²) >= 11 is 4.98. The lowest BCUT2D eigenvalue weighted by molar-refractivity contribution is 1.07. The number of aromatic nitrogens is 1. The summed E-state index contributed by atoms with van der Waals surface area (Å²) in [6.07, 6.45) is 0. The van der Waals surface area contributed by atoms with Crippen molar-refractivity contribution in [3.8, 4) is 11.3 Å². The molecule has 0 aliphatic heterocycles. The maximum Gasteiger partial charge on any atom is 0.0851 e. The molecule has 0 aliphatic carbocycles. The fourth-order valence-corrected chi connectivity index (χ4v) is 2.40. The molecule has 14 heavy (non-hydrogen) atoms. The molecule has 0 atom stereocenters. The molecule has 1 aromatic carbocycles. The van der Waals surface area contributed by atoms with Crippen LogP contribution in [-0.2, 0) is 6.54 Å². The Labute approximate surface area is 95.1 Å². The predicted molar refractivity (Wildman–Crippen MR) is 63.1 cm³/mol. The second-order valence-electron chi connectivity index (χ2n) is 2.90. The van der Waals surface area contributed by atoms with E-state index < -0.39 is 0 Å². The van der Waals surface area contributed by atoms with Crippen molar-refractivity contribution >= 4 is 27.5 Å². The number of nitrogens with two attached hydrogens (primary N) is 1. The van der Waals surface area contributed by atoms with Crippen LogP contribution in [0.1, 0.15) is 5.56 Å². The molecule has 2 N–H and O–H groups in total. The highest BCUT2D eigenvalue weighted by molar-refractivity contribution is 9.10. The van der Waals surface area contributed by atoms with Crippen LogP contribution < -0.4 is 5.73 Å². The minimum atomic E-state index is 0.565. The van der Waals surface area contributed by atoms with Crippen molar-refractivity contribution in [1.82, 2.24) is 4.37 Å². The van der Waals surface area contributed by atoms with E-state index in [0.717, 1.165) is 21.3 Å². The van der Waals surface area contributed by atoms with Crippen LogP contribution in [0.4, 0.5) is 0 Å². The van der Waals surface area contributed by atoms with Gasteiger partial charge in [0.1, 0.15) is 0 Å². The maximum atomic E-state index is 5.55. The van der Waals surface area contributed by atoms with Crippen molar-refractivity contribution in [1.29, 1.82) is 0 Å². The van der Waals surface area contributed by atoms with Crippen LogP contribution in [0, 0.1) is 0 Å². The Hall–Kier alpha value is -0.710. The highest BCUT2D eigenvalue weighted by Crippen LogP contribution is 2.28. The molecule has 0 spiro atoms. The molecule has 72 valence electrons. The van der Waals surface area contributed by atoms with Gasteiger partial charge in [-0.05, 0) is 29.2 Å². The molecule has 1 heterocycles. The molecular weight excluding hydrogens is 260 g/mol. The summed E-state index contributed by atoms with van der Waals surface area (Å²) in [5.41, 5.74) is 8.79. The first-order valence-corrected chi connectivity index (χ1v) is 5.83. The number of nitrogens with zero attached hydrogens (tertiary/aromatic N) is 1. The molecule has 0 radical (unpaired) electrons. The van der Waals surface area contributed by atoms with Crippen LogP contribution in [0.5, 0.6) is 0 Å². The number of hydrogen-bond acceptors (Lipinski definition) is 3. The molecule has 0 bridgehead atoms. The summed E-state index contributed by atoms with van der Waals surface area (Å²) in [7, 11) is 0. The Morgan fingerprint density at radius 3 is 2.79 bits per heavy atom. The summed E-state index contributed by atoms with van der Waals surface area (Å²) < 4.78 is 5.33.